The molecule has 4 aromatic carbocycles. The van der Waals surface area contributed by atoms with E-state index >= 15 is 0 Å². The minimum absolute atomic E-state index is 0.957. The van der Waals surface area contributed by atoms with E-state index in [1.807, 2.05) is 0 Å². The topological polar surface area (TPSA) is 3.88 Å². The minimum atomic E-state index is -0.957. The molecule has 0 fully saturated rings. The van der Waals surface area contributed by atoms with E-state index in [0.717, 1.165) is 6.54 Å². The van der Waals surface area contributed by atoms with Gasteiger partial charge in [0.25, 0.3) is 0 Å². The molecule has 1 aromatic heterocycles. The average molecular weight is 528 g/mol. The van der Waals surface area contributed by atoms with Gasteiger partial charge in [-0.05, 0) is 32.9 Å². The fourth-order valence-electron chi connectivity index (χ4n) is 6.02. The summed E-state index contributed by atoms with van der Waals surface area (Å²) in [5, 5.41) is 1.33. The molecule has 1 nitrogen and oxygen atoms in total. The predicted molar refractivity (Wildman–Crippen MR) is 177 cm³/mol. The molecule has 0 spiro atoms. The molecule has 0 aliphatic rings. The monoisotopic (exact) mass is 527 g/mol. The standard InChI is InChI=1S/C25H30B.C13H16N/c1-5-6-19-26(23-13-7-20(2)8-14-23,24-15-9-21(3)10-16-24)25-17-11-22(4)12-18-25;1-2-3-10-14-11-6-8-12-7-4-5-9-13(12)14/h7-18H,5-6,19H2,1-4H3;4-9,11H,2-3,10H2,1H3/q-1;+1. The van der Waals surface area contributed by atoms with Gasteiger partial charge in [0.15, 0.2) is 6.20 Å². The number of hydrogen-bond donors (Lipinski definition) is 0. The van der Waals surface area contributed by atoms with Gasteiger partial charge in [0.2, 0.25) is 5.52 Å². The van der Waals surface area contributed by atoms with Crippen LogP contribution in [0.15, 0.2) is 115 Å². The van der Waals surface area contributed by atoms with Crippen molar-refractivity contribution in [1.29, 1.82) is 0 Å². The second-order valence-corrected chi connectivity index (χ2v) is 11.5. The van der Waals surface area contributed by atoms with Gasteiger partial charge in [-0.3, -0.25) is 0 Å². The van der Waals surface area contributed by atoms with Crippen LogP contribution in [0.1, 0.15) is 56.2 Å². The summed E-state index contributed by atoms with van der Waals surface area (Å²) in [6.07, 6.45) is 7.34. The lowest BCUT2D eigenvalue weighted by Gasteiger charge is -2.43. The molecule has 2 heteroatoms. The molecule has 0 aliphatic heterocycles. The van der Waals surface area contributed by atoms with E-state index in [4.69, 9.17) is 0 Å². The number of benzene rings is 4. The molecule has 0 saturated heterocycles. The number of unbranched alkanes of at least 4 members (excludes halogenated alkanes) is 2. The fourth-order valence-corrected chi connectivity index (χ4v) is 6.02. The first-order valence-electron chi connectivity index (χ1n) is 15.2. The zero-order valence-electron chi connectivity index (χ0n) is 25.2. The van der Waals surface area contributed by atoms with E-state index in [-0.39, 0.29) is 0 Å². The van der Waals surface area contributed by atoms with Crippen LogP contribution in [0.2, 0.25) is 6.32 Å². The summed E-state index contributed by atoms with van der Waals surface area (Å²) in [5.74, 6) is 0. The molecule has 0 N–H and O–H groups in total. The Morgan fingerprint density at radius 3 is 1.45 bits per heavy atom. The third-order valence-corrected chi connectivity index (χ3v) is 8.47. The number of rotatable bonds is 9. The maximum atomic E-state index is 2.35. The van der Waals surface area contributed by atoms with E-state index < -0.39 is 6.15 Å². The first kappa shape index (κ1) is 29.3. The number of nitrogens with zero attached hydrogens (tertiary/aromatic N) is 1. The van der Waals surface area contributed by atoms with Crippen molar-refractivity contribution in [2.45, 2.75) is 73.2 Å². The van der Waals surface area contributed by atoms with Crippen LogP contribution in [0.5, 0.6) is 0 Å². The Bertz CT molecular complexity index is 1350. The van der Waals surface area contributed by atoms with Crippen LogP contribution < -0.4 is 21.0 Å². The quantitative estimate of drug-likeness (QED) is 0.136. The normalized spacial score (nSPS) is 11.2. The molecule has 40 heavy (non-hydrogen) atoms. The van der Waals surface area contributed by atoms with Crippen molar-refractivity contribution in [3.8, 4) is 0 Å². The van der Waals surface area contributed by atoms with Crippen LogP contribution in [0.25, 0.3) is 10.9 Å². The predicted octanol–water partition coefficient (Wildman–Crippen LogP) is 7.81. The molecule has 0 aliphatic carbocycles. The lowest BCUT2D eigenvalue weighted by molar-refractivity contribution is -0.671. The smallest absolute Gasteiger partial charge is 0.200 e. The highest BCUT2D eigenvalue weighted by atomic mass is 14.9. The molecule has 0 unspecified atom stereocenters. The van der Waals surface area contributed by atoms with Crippen LogP contribution in [0.3, 0.4) is 0 Å². The summed E-state index contributed by atoms with van der Waals surface area (Å²) in [6.45, 7) is 12.1. The summed E-state index contributed by atoms with van der Waals surface area (Å²) in [6, 6.07) is 40.5. The molecule has 5 aromatic rings. The zero-order chi connectivity index (χ0) is 28.4. The summed E-state index contributed by atoms with van der Waals surface area (Å²) < 4.78 is 2.33. The summed E-state index contributed by atoms with van der Waals surface area (Å²) >= 11 is 0. The number of para-hydroxylation sites is 1. The van der Waals surface area contributed by atoms with Crippen molar-refractivity contribution < 1.29 is 4.57 Å². The van der Waals surface area contributed by atoms with E-state index in [9.17, 15) is 0 Å². The van der Waals surface area contributed by atoms with Crippen LogP contribution in [-0.2, 0) is 6.54 Å². The number of pyridine rings is 1. The second kappa shape index (κ2) is 14.1. The van der Waals surface area contributed by atoms with E-state index in [0.29, 0.717) is 0 Å². The second-order valence-electron chi connectivity index (χ2n) is 11.5. The molecular weight excluding hydrogens is 481 g/mol. The average Bonchev–Trinajstić information content (AvgIpc) is 2.99. The van der Waals surface area contributed by atoms with Gasteiger partial charge < -0.3 is 0 Å². The fraction of sp³-hybridized carbons (Fsp3) is 0.289. The number of hydrogen-bond acceptors (Lipinski definition) is 0. The van der Waals surface area contributed by atoms with Gasteiger partial charge in [-0.1, -0.05) is 135 Å². The Morgan fingerprint density at radius 2 is 0.975 bits per heavy atom. The van der Waals surface area contributed by atoms with E-state index in [1.165, 1.54) is 76.0 Å². The molecular formula is C38H46BN. The largest absolute Gasteiger partial charge is 0.212 e. The van der Waals surface area contributed by atoms with Crippen LogP contribution in [-0.4, -0.2) is 6.15 Å². The third-order valence-electron chi connectivity index (χ3n) is 8.47. The van der Waals surface area contributed by atoms with Crippen molar-refractivity contribution in [2.24, 2.45) is 0 Å². The minimum Gasteiger partial charge on any atom is -0.200 e. The summed E-state index contributed by atoms with van der Waals surface area (Å²) in [4.78, 5) is 0. The first-order valence-corrected chi connectivity index (χ1v) is 15.2. The molecule has 0 atom stereocenters. The highest BCUT2D eigenvalue weighted by molar-refractivity contribution is 7.11. The molecule has 5 rings (SSSR count). The van der Waals surface area contributed by atoms with Gasteiger partial charge in [-0.15, -0.1) is 0 Å². The first-order chi connectivity index (χ1) is 19.5. The molecule has 0 radical (unpaired) electrons. The zero-order valence-corrected chi connectivity index (χ0v) is 25.2. The van der Waals surface area contributed by atoms with Crippen molar-refractivity contribution in [2.75, 3.05) is 0 Å². The highest BCUT2D eigenvalue weighted by Crippen LogP contribution is 2.18. The van der Waals surface area contributed by atoms with E-state index in [2.05, 4.69) is 155 Å². The maximum Gasteiger partial charge on any atom is 0.212 e. The highest BCUT2D eigenvalue weighted by Gasteiger charge is 2.29. The van der Waals surface area contributed by atoms with Crippen molar-refractivity contribution in [1.82, 2.24) is 0 Å². The summed E-state index contributed by atoms with van der Waals surface area (Å²) in [5.41, 5.74) is 9.67. The lowest BCUT2D eigenvalue weighted by atomic mass is 9.14. The van der Waals surface area contributed by atoms with Gasteiger partial charge >= 0.3 is 0 Å². The Labute approximate surface area is 242 Å². The van der Waals surface area contributed by atoms with Crippen molar-refractivity contribution in [3.05, 3.63) is 132 Å². The molecule has 0 bridgehead atoms. The third kappa shape index (κ3) is 6.91. The Hall–Kier alpha value is -3.65. The van der Waals surface area contributed by atoms with Gasteiger partial charge in [-0.2, -0.15) is 27.3 Å². The van der Waals surface area contributed by atoms with Gasteiger partial charge in [-0.25, -0.2) is 0 Å². The molecule has 1 heterocycles. The SMILES string of the molecule is CCCC[B-](c1ccc(C)cc1)(c1ccc(C)cc1)c1ccc(C)cc1.CCCC[n+]1cccc2ccccc21. The van der Waals surface area contributed by atoms with Gasteiger partial charge in [0.05, 0.1) is 6.15 Å². The molecule has 0 saturated carbocycles. The Balaban J connectivity index is 0.000000222. The van der Waals surface area contributed by atoms with Gasteiger partial charge in [0, 0.05) is 23.9 Å². The van der Waals surface area contributed by atoms with Crippen LogP contribution >= 0.6 is 0 Å². The number of fused-ring (bicyclic) bond motifs is 1. The van der Waals surface area contributed by atoms with Crippen LogP contribution in [0.4, 0.5) is 0 Å². The van der Waals surface area contributed by atoms with Crippen LogP contribution in [0, 0.1) is 20.8 Å². The summed E-state index contributed by atoms with van der Waals surface area (Å²) in [7, 11) is 0. The number of aryl methyl sites for hydroxylation is 4. The molecule has 0 amide bonds. The van der Waals surface area contributed by atoms with E-state index in [1.54, 1.807) is 0 Å². The van der Waals surface area contributed by atoms with Gasteiger partial charge in [0.1, 0.15) is 6.54 Å². The Morgan fingerprint density at radius 1 is 0.525 bits per heavy atom. The van der Waals surface area contributed by atoms with Crippen molar-refractivity contribution in [3.63, 3.8) is 0 Å². The molecule has 206 valence electrons. The van der Waals surface area contributed by atoms with Crippen molar-refractivity contribution >= 4 is 33.4 Å². The Kier molecular flexibility index (Phi) is 10.4. The lowest BCUT2D eigenvalue weighted by Crippen LogP contribution is -2.67. The number of aromatic nitrogens is 1. The maximum absolute atomic E-state index is 2.35.